The summed E-state index contributed by atoms with van der Waals surface area (Å²) in [5.41, 5.74) is 1.15. The highest BCUT2D eigenvalue weighted by molar-refractivity contribution is 5.76. The van der Waals surface area contributed by atoms with Crippen molar-refractivity contribution in [2.24, 2.45) is 0 Å². The summed E-state index contributed by atoms with van der Waals surface area (Å²) in [5, 5.41) is 11.4. The van der Waals surface area contributed by atoms with E-state index in [9.17, 15) is 9.59 Å². The highest BCUT2D eigenvalue weighted by Gasteiger charge is 2.32. The first-order valence-corrected chi connectivity index (χ1v) is 5.90. The van der Waals surface area contributed by atoms with Crippen molar-refractivity contribution in [2.75, 3.05) is 13.1 Å². The fraction of sp³-hybridized carbons (Fsp3) is 0.667. The Morgan fingerprint density at radius 2 is 2.06 bits per heavy atom. The topological polar surface area (TPSA) is 69.6 Å². The molecule has 2 amide bonds. The maximum absolute atomic E-state index is 11.8. The van der Waals surface area contributed by atoms with Crippen LogP contribution in [0, 0.1) is 0 Å². The van der Waals surface area contributed by atoms with E-state index in [1.807, 2.05) is 19.9 Å². The highest BCUT2D eigenvalue weighted by Crippen LogP contribution is 2.26. The quantitative estimate of drug-likeness (QED) is 0.693. The summed E-state index contributed by atoms with van der Waals surface area (Å²) in [4.78, 5) is 23.9. The molecule has 1 fully saturated rings. The van der Waals surface area contributed by atoms with Gasteiger partial charge in [-0.1, -0.05) is 11.6 Å². The lowest BCUT2D eigenvalue weighted by molar-refractivity contribution is -0.137. The van der Waals surface area contributed by atoms with E-state index in [0.717, 1.165) is 18.4 Å². The summed E-state index contributed by atoms with van der Waals surface area (Å²) in [5.74, 6) is -0.868. The zero-order valence-electron chi connectivity index (χ0n) is 10.4. The SMILES string of the molecule is CC(C)=CCNC(=O)N(CCC(=O)O)C1CC1. The van der Waals surface area contributed by atoms with Gasteiger partial charge in [-0.3, -0.25) is 4.79 Å². The van der Waals surface area contributed by atoms with E-state index in [2.05, 4.69) is 5.32 Å². The number of nitrogens with one attached hydrogen (secondary N) is 1. The van der Waals surface area contributed by atoms with E-state index in [1.54, 1.807) is 4.90 Å². The second kappa shape index (κ2) is 6.27. The molecule has 0 aromatic rings. The molecule has 0 bridgehead atoms. The van der Waals surface area contributed by atoms with Gasteiger partial charge in [0, 0.05) is 19.1 Å². The number of aliphatic carboxylic acids is 1. The predicted molar refractivity (Wildman–Crippen MR) is 64.8 cm³/mol. The van der Waals surface area contributed by atoms with Gasteiger partial charge >= 0.3 is 12.0 Å². The van der Waals surface area contributed by atoms with Gasteiger partial charge in [-0.05, 0) is 26.7 Å². The van der Waals surface area contributed by atoms with Crippen molar-refractivity contribution in [3.8, 4) is 0 Å². The Morgan fingerprint density at radius 3 is 2.53 bits per heavy atom. The lowest BCUT2D eigenvalue weighted by Gasteiger charge is -2.21. The summed E-state index contributed by atoms with van der Waals surface area (Å²) >= 11 is 0. The van der Waals surface area contributed by atoms with Crippen LogP contribution in [0.5, 0.6) is 0 Å². The maximum Gasteiger partial charge on any atom is 0.317 e. The van der Waals surface area contributed by atoms with Crippen molar-refractivity contribution in [3.63, 3.8) is 0 Å². The molecule has 0 aromatic heterocycles. The Labute approximate surface area is 101 Å². The average molecular weight is 240 g/mol. The molecule has 0 aliphatic heterocycles. The van der Waals surface area contributed by atoms with Crippen molar-refractivity contribution in [1.82, 2.24) is 10.2 Å². The second-order valence-corrected chi connectivity index (χ2v) is 4.54. The number of allylic oxidation sites excluding steroid dienone is 1. The molecule has 5 heteroatoms. The molecule has 0 atom stereocenters. The van der Waals surface area contributed by atoms with Gasteiger partial charge in [0.15, 0.2) is 0 Å². The number of carboxylic acid groups (broad SMARTS) is 1. The molecule has 2 N–H and O–H groups in total. The molecule has 1 rings (SSSR count). The number of amides is 2. The summed E-state index contributed by atoms with van der Waals surface area (Å²) in [6, 6.07) is 0.0762. The molecule has 1 saturated carbocycles. The first-order chi connectivity index (χ1) is 8.00. The molecule has 5 nitrogen and oxygen atoms in total. The van der Waals surface area contributed by atoms with Gasteiger partial charge in [-0.15, -0.1) is 0 Å². The number of hydrogen-bond acceptors (Lipinski definition) is 2. The van der Waals surface area contributed by atoms with E-state index in [-0.39, 0.29) is 18.5 Å². The second-order valence-electron chi connectivity index (χ2n) is 4.54. The summed E-state index contributed by atoms with van der Waals surface area (Å²) in [6.45, 7) is 4.72. The van der Waals surface area contributed by atoms with Crippen molar-refractivity contribution < 1.29 is 14.7 Å². The molecule has 0 aromatic carbocycles. The molecular weight excluding hydrogens is 220 g/mol. The number of carbonyl (C=O) groups is 2. The van der Waals surface area contributed by atoms with E-state index >= 15 is 0 Å². The lowest BCUT2D eigenvalue weighted by Crippen LogP contribution is -2.42. The molecule has 1 aliphatic carbocycles. The number of hydrogen-bond donors (Lipinski definition) is 2. The summed E-state index contributed by atoms with van der Waals surface area (Å²) < 4.78 is 0. The molecular formula is C12H20N2O3. The van der Waals surface area contributed by atoms with E-state index in [4.69, 9.17) is 5.11 Å². The summed E-state index contributed by atoms with van der Waals surface area (Å²) in [7, 11) is 0. The average Bonchev–Trinajstić information content (AvgIpc) is 3.01. The van der Waals surface area contributed by atoms with Crippen LogP contribution in [0.15, 0.2) is 11.6 Å². The molecule has 17 heavy (non-hydrogen) atoms. The minimum atomic E-state index is -0.868. The van der Waals surface area contributed by atoms with Gasteiger partial charge in [-0.2, -0.15) is 0 Å². The first-order valence-electron chi connectivity index (χ1n) is 5.90. The zero-order chi connectivity index (χ0) is 12.8. The van der Waals surface area contributed by atoms with Crippen molar-refractivity contribution in [3.05, 3.63) is 11.6 Å². The van der Waals surface area contributed by atoms with E-state index in [0.29, 0.717) is 13.1 Å². The minimum absolute atomic E-state index is 0.00651. The van der Waals surface area contributed by atoms with Crippen LogP contribution in [-0.2, 0) is 4.79 Å². The van der Waals surface area contributed by atoms with Gasteiger partial charge in [0.2, 0.25) is 0 Å². The van der Waals surface area contributed by atoms with Crippen molar-refractivity contribution >= 4 is 12.0 Å². The normalized spacial score (nSPS) is 14.0. The monoisotopic (exact) mass is 240 g/mol. The largest absolute Gasteiger partial charge is 0.481 e. The van der Waals surface area contributed by atoms with Crippen molar-refractivity contribution in [2.45, 2.75) is 39.2 Å². The third kappa shape index (κ3) is 5.38. The third-order valence-corrected chi connectivity index (χ3v) is 2.58. The minimum Gasteiger partial charge on any atom is -0.481 e. The van der Waals surface area contributed by atoms with Crippen LogP contribution in [0.4, 0.5) is 4.79 Å². The van der Waals surface area contributed by atoms with E-state index < -0.39 is 5.97 Å². The molecule has 0 saturated heterocycles. The molecule has 0 unspecified atom stereocenters. The summed E-state index contributed by atoms with van der Waals surface area (Å²) in [6.07, 6.45) is 3.90. The van der Waals surface area contributed by atoms with Gasteiger partial charge in [0.05, 0.1) is 6.42 Å². The molecule has 0 spiro atoms. The third-order valence-electron chi connectivity index (χ3n) is 2.58. The number of carboxylic acids is 1. The Kier molecular flexibility index (Phi) is 5.00. The van der Waals surface area contributed by atoms with Gasteiger partial charge < -0.3 is 15.3 Å². The fourth-order valence-electron chi connectivity index (χ4n) is 1.50. The molecule has 1 aliphatic rings. The number of carbonyl (C=O) groups excluding carboxylic acids is 1. The number of rotatable bonds is 6. The fourth-order valence-corrected chi connectivity index (χ4v) is 1.50. The Bertz CT molecular complexity index is 318. The maximum atomic E-state index is 11.8. The highest BCUT2D eigenvalue weighted by atomic mass is 16.4. The van der Waals surface area contributed by atoms with Crippen LogP contribution >= 0.6 is 0 Å². The van der Waals surface area contributed by atoms with Crippen LogP contribution in [0.1, 0.15) is 33.1 Å². The van der Waals surface area contributed by atoms with E-state index in [1.165, 1.54) is 0 Å². The van der Waals surface area contributed by atoms with Gasteiger partial charge in [0.1, 0.15) is 0 Å². The number of nitrogens with zero attached hydrogens (tertiary/aromatic N) is 1. The predicted octanol–water partition coefficient (Wildman–Crippen LogP) is 1.60. The first kappa shape index (κ1) is 13.5. The van der Waals surface area contributed by atoms with Crippen LogP contribution in [0.2, 0.25) is 0 Å². The van der Waals surface area contributed by atoms with Crippen LogP contribution in [0.3, 0.4) is 0 Å². The van der Waals surface area contributed by atoms with Crippen LogP contribution < -0.4 is 5.32 Å². The molecule has 0 heterocycles. The van der Waals surface area contributed by atoms with Crippen LogP contribution in [-0.4, -0.2) is 41.1 Å². The Balaban J connectivity index is 2.38. The zero-order valence-corrected chi connectivity index (χ0v) is 10.4. The van der Waals surface area contributed by atoms with Crippen molar-refractivity contribution in [1.29, 1.82) is 0 Å². The molecule has 0 radical (unpaired) electrons. The van der Waals surface area contributed by atoms with Crippen LogP contribution in [0.25, 0.3) is 0 Å². The lowest BCUT2D eigenvalue weighted by atomic mass is 10.3. The standard InChI is InChI=1S/C12H20N2O3/c1-9(2)5-7-13-12(17)14(10-3-4-10)8-6-11(15)16/h5,10H,3-4,6-8H2,1-2H3,(H,13,17)(H,15,16). The molecule has 96 valence electrons. The van der Waals surface area contributed by atoms with Gasteiger partial charge in [0.25, 0.3) is 0 Å². The Hall–Kier alpha value is -1.52. The Morgan fingerprint density at radius 1 is 1.41 bits per heavy atom. The van der Waals surface area contributed by atoms with Gasteiger partial charge in [-0.25, -0.2) is 4.79 Å². The smallest absolute Gasteiger partial charge is 0.317 e. The number of urea groups is 1.